The molecule has 0 saturated heterocycles. The molecule has 0 N–H and O–H groups in total. The van der Waals surface area contributed by atoms with E-state index < -0.39 is 0 Å². The van der Waals surface area contributed by atoms with Gasteiger partial charge in [0, 0.05) is 21.9 Å². The maximum atomic E-state index is 7.02. The molecular formula is C48H26O. The predicted octanol–water partition coefficient (Wildman–Crippen LogP) is 13.9. The number of para-hydroxylation sites is 1. The zero-order valence-corrected chi connectivity index (χ0v) is 26.4. The first kappa shape index (κ1) is 25.6. The highest BCUT2D eigenvalue weighted by Crippen LogP contribution is 2.51. The molecule has 1 heteroatoms. The van der Waals surface area contributed by atoms with Gasteiger partial charge in [0.25, 0.3) is 0 Å². The first-order chi connectivity index (χ1) is 24.3. The number of benzene rings is 11. The molecule has 0 saturated carbocycles. The molecule has 1 heterocycles. The van der Waals surface area contributed by atoms with E-state index in [1.54, 1.807) is 0 Å². The average Bonchev–Trinajstić information content (AvgIpc) is 3.54. The Hall–Kier alpha value is -6.44. The largest absolute Gasteiger partial charge is 0.455 e. The number of hydrogen-bond acceptors (Lipinski definition) is 1. The number of rotatable bonds is 2. The molecular weight excluding hydrogens is 593 g/mol. The fourth-order valence-electron chi connectivity index (χ4n) is 9.10. The summed E-state index contributed by atoms with van der Waals surface area (Å²) >= 11 is 0. The summed E-state index contributed by atoms with van der Waals surface area (Å²) in [4.78, 5) is 0. The molecule has 0 aliphatic carbocycles. The van der Waals surface area contributed by atoms with Crippen molar-refractivity contribution < 1.29 is 4.42 Å². The van der Waals surface area contributed by atoms with E-state index >= 15 is 0 Å². The molecule has 0 radical (unpaired) electrons. The van der Waals surface area contributed by atoms with E-state index in [1.165, 1.54) is 97.5 Å². The lowest BCUT2D eigenvalue weighted by Gasteiger charge is -2.19. The van der Waals surface area contributed by atoms with Crippen molar-refractivity contribution in [2.24, 2.45) is 0 Å². The highest BCUT2D eigenvalue weighted by molar-refractivity contribution is 6.34. The Bertz CT molecular complexity index is 3290. The van der Waals surface area contributed by atoms with Gasteiger partial charge in [-0.2, -0.15) is 0 Å². The molecule has 0 fully saturated rings. The van der Waals surface area contributed by atoms with Crippen molar-refractivity contribution >= 4 is 97.3 Å². The summed E-state index contributed by atoms with van der Waals surface area (Å²) in [7, 11) is 0. The molecule has 1 nitrogen and oxygen atoms in total. The van der Waals surface area contributed by atoms with Crippen LogP contribution in [0.2, 0.25) is 0 Å². The van der Waals surface area contributed by atoms with Gasteiger partial charge < -0.3 is 4.42 Å². The average molecular weight is 619 g/mol. The topological polar surface area (TPSA) is 13.1 Å². The molecule has 0 unspecified atom stereocenters. The van der Waals surface area contributed by atoms with E-state index in [1.807, 2.05) is 0 Å². The quantitative estimate of drug-likeness (QED) is 0.176. The summed E-state index contributed by atoms with van der Waals surface area (Å²) in [5.41, 5.74) is 6.67. The van der Waals surface area contributed by atoms with Gasteiger partial charge in [0.15, 0.2) is 0 Å². The SMILES string of the molecule is c1cc2ccc3ccc(-c4c5ccccc5c(-c5ccc6ccc7cccc8ccc5c6c78)c5c4oc4ccccc45)c4ccc(c1)c2c34. The Kier molecular flexibility index (Phi) is 4.77. The summed E-state index contributed by atoms with van der Waals surface area (Å²) < 4.78 is 7.02. The first-order valence-corrected chi connectivity index (χ1v) is 17.0. The minimum Gasteiger partial charge on any atom is -0.455 e. The van der Waals surface area contributed by atoms with Gasteiger partial charge in [0.05, 0.1) is 0 Å². The molecule has 0 amide bonds. The second-order valence-electron chi connectivity index (χ2n) is 13.5. The van der Waals surface area contributed by atoms with Gasteiger partial charge in [-0.1, -0.05) is 152 Å². The zero-order valence-electron chi connectivity index (χ0n) is 26.4. The van der Waals surface area contributed by atoms with E-state index in [4.69, 9.17) is 4.42 Å². The van der Waals surface area contributed by atoms with Crippen LogP contribution in [0.3, 0.4) is 0 Å². The molecule has 0 spiro atoms. The van der Waals surface area contributed by atoms with Crippen molar-refractivity contribution in [3.8, 4) is 22.3 Å². The lowest BCUT2D eigenvalue weighted by atomic mass is 9.83. The van der Waals surface area contributed by atoms with Crippen molar-refractivity contribution in [1.82, 2.24) is 0 Å². The van der Waals surface area contributed by atoms with Crippen molar-refractivity contribution in [1.29, 1.82) is 0 Å². The predicted molar refractivity (Wildman–Crippen MR) is 210 cm³/mol. The third-order valence-electron chi connectivity index (χ3n) is 11.1. The van der Waals surface area contributed by atoms with Crippen LogP contribution in [0.25, 0.3) is 120 Å². The summed E-state index contributed by atoms with van der Waals surface area (Å²) in [6.07, 6.45) is 0. The van der Waals surface area contributed by atoms with Gasteiger partial charge in [-0.05, 0) is 92.6 Å². The third-order valence-corrected chi connectivity index (χ3v) is 11.1. The van der Waals surface area contributed by atoms with E-state index in [0.717, 1.165) is 22.1 Å². The van der Waals surface area contributed by atoms with Crippen LogP contribution < -0.4 is 0 Å². The second kappa shape index (κ2) is 9.13. The monoisotopic (exact) mass is 618 g/mol. The van der Waals surface area contributed by atoms with Crippen LogP contribution in [0.1, 0.15) is 0 Å². The first-order valence-electron chi connectivity index (χ1n) is 17.0. The third kappa shape index (κ3) is 3.25. The van der Waals surface area contributed by atoms with E-state index in [9.17, 15) is 0 Å². The maximum absolute atomic E-state index is 7.02. The summed E-state index contributed by atoms with van der Waals surface area (Å²) in [5, 5.41) is 20.2. The summed E-state index contributed by atoms with van der Waals surface area (Å²) in [6.45, 7) is 0. The number of hydrogen-bond donors (Lipinski definition) is 0. The molecule has 0 aliphatic heterocycles. The van der Waals surface area contributed by atoms with Crippen LogP contribution in [-0.2, 0) is 0 Å². The minimum absolute atomic E-state index is 0.908. The normalized spacial score (nSPS) is 12.5. The number of furan rings is 1. The fraction of sp³-hybridized carbons (Fsp3) is 0. The molecule has 0 bridgehead atoms. The molecule has 224 valence electrons. The molecule has 12 aromatic rings. The Labute approximate surface area is 280 Å². The Morgan fingerprint density at radius 1 is 0.265 bits per heavy atom. The van der Waals surface area contributed by atoms with Gasteiger partial charge in [-0.25, -0.2) is 0 Å². The van der Waals surface area contributed by atoms with Crippen molar-refractivity contribution in [3.05, 3.63) is 158 Å². The van der Waals surface area contributed by atoms with E-state index in [2.05, 4.69) is 158 Å². The van der Waals surface area contributed by atoms with E-state index in [0.29, 0.717) is 0 Å². The van der Waals surface area contributed by atoms with Crippen molar-refractivity contribution in [3.63, 3.8) is 0 Å². The summed E-state index contributed by atoms with van der Waals surface area (Å²) in [5.74, 6) is 0. The van der Waals surface area contributed by atoms with Crippen LogP contribution in [0.5, 0.6) is 0 Å². The minimum atomic E-state index is 0.908. The second-order valence-corrected chi connectivity index (χ2v) is 13.5. The number of fused-ring (bicyclic) bond motifs is 4. The van der Waals surface area contributed by atoms with Crippen LogP contribution in [0.4, 0.5) is 0 Å². The highest BCUT2D eigenvalue weighted by Gasteiger charge is 2.25. The lowest BCUT2D eigenvalue weighted by Crippen LogP contribution is -1.93. The van der Waals surface area contributed by atoms with Crippen LogP contribution in [-0.4, -0.2) is 0 Å². The maximum Gasteiger partial charge on any atom is 0.144 e. The van der Waals surface area contributed by atoms with Gasteiger partial charge in [0.1, 0.15) is 11.2 Å². The van der Waals surface area contributed by atoms with E-state index in [-0.39, 0.29) is 0 Å². The fourth-order valence-corrected chi connectivity index (χ4v) is 9.10. The molecule has 0 aliphatic rings. The van der Waals surface area contributed by atoms with Crippen molar-refractivity contribution in [2.75, 3.05) is 0 Å². The van der Waals surface area contributed by atoms with Crippen LogP contribution >= 0.6 is 0 Å². The van der Waals surface area contributed by atoms with Crippen LogP contribution in [0, 0.1) is 0 Å². The highest BCUT2D eigenvalue weighted by atomic mass is 16.3. The zero-order chi connectivity index (χ0) is 31.8. The molecule has 49 heavy (non-hydrogen) atoms. The molecule has 1 aromatic heterocycles. The van der Waals surface area contributed by atoms with Crippen LogP contribution in [0.15, 0.2) is 162 Å². The standard InChI is InChI=1S/C48H26O/c1-2-12-34-33(11-1)45(37-25-21-31-17-15-27-7-5-9-29-19-23-35(37)43(31)41(27)29)47-39-13-3-4-14-40(39)49-48(47)46(34)38-26-22-32-18-16-28-8-6-10-30-20-24-36(38)44(32)42(28)30/h1-26H. The van der Waals surface area contributed by atoms with Gasteiger partial charge in [-0.3, -0.25) is 0 Å². The summed E-state index contributed by atoms with van der Waals surface area (Å²) in [6, 6.07) is 58.3. The van der Waals surface area contributed by atoms with Gasteiger partial charge >= 0.3 is 0 Å². The Morgan fingerprint density at radius 2 is 0.694 bits per heavy atom. The Balaban J connectivity index is 1.29. The van der Waals surface area contributed by atoms with Crippen molar-refractivity contribution in [2.45, 2.75) is 0 Å². The molecule has 0 atom stereocenters. The van der Waals surface area contributed by atoms with Gasteiger partial charge in [-0.15, -0.1) is 0 Å². The van der Waals surface area contributed by atoms with Gasteiger partial charge in [0.2, 0.25) is 0 Å². The Morgan fingerprint density at radius 3 is 1.27 bits per heavy atom. The smallest absolute Gasteiger partial charge is 0.144 e. The molecule has 12 rings (SSSR count). The lowest BCUT2D eigenvalue weighted by molar-refractivity contribution is 0.670. The molecule has 11 aromatic carbocycles.